The van der Waals surface area contributed by atoms with Gasteiger partial charge < -0.3 is 15.0 Å². The second-order valence-electron chi connectivity index (χ2n) is 8.86. The summed E-state index contributed by atoms with van der Waals surface area (Å²) in [5, 5.41) is 3.27. The van der Waals surface area contributed by atoms with Crippen molar-refractivity contribution in [2.24, 2.45) is 0 Å². The minimum Gasteiger partial charge on any atom is -0.495 e. The Morgan fingerprint density at radius 2 is 1.79 bits per heavy atom. The molecule has 9 nitrogen and oxygen atoms in total. The van der Waals surface area contributed by atoms with Gasteiger partial charge in [0, 0.05) is 19.8 Å². The van der Waals surface area contributed by atoms with Crippen LogP contribution in [0, 0.1) is 6.92 Å². The van der Waals surface area contributed by atoms with Gasteiger partial charge in [-0.15, -0.1) is 11.3 Å². The van der Waals surface area contributed by atoms with E-state index in [1.165, 1.54) is 22.6 Å². The molecule has 0 fully saturated rings. The van der Waals surface area contributed by atoms with E-state index < -0.39 is 17.2 Å². The number of ether oxygens (including phenoxy) is 1. The van der Waals surface area contributed by atoms with Crippen molar-refractivity contribution in [1.82, 2.24) is 14.0 Å². The molecule has 0 unspecified atom stereocenters. The molecule has 1 N–H and O–H groups in total. The lowest BCUT2D eigenvalue weighted by molar-refractivity contribution is -0.116. The third-order valence-electron chi connectivity index (χ3n) is 6.15. The zero-order chi connectivity index (χ0) is 27.7. The lowest BCUT2D eigenvalue weighted by Gasteiger charge is -2.13. The second-order valence-corrected chi connectivity index (χ2v) is 10.3. The van der Waals surface area contributed by atoms with Crippen LogP contribution >= 0.6 is 22.9 Å². The highest BCUT2D eigenvalue weighted by Gasteiger charge is 2.25. The fraction of sp³-hybridized carbons (Fsp3) is 0.259. The van der Waals surface area contributed by atoms with E-state index >= 15 is 0 Å². The third kappa shape index (κ3) is 4.97. The molecule has 2 aromatic heterocycles. The summed E-state index contributed by atoms with van der Waals surface area (Å²) < 4.78 is 7.42. The van der Waals surface area contributed by atoms with Crippen LogP contribution in [0.5, 0.6) is 5.75 Å². The van der Waals surface area contributed by atoms with Crippen molar-refractivity contribution in [3.63, 3.8) is 0 Å². The molecular formula is C27H27ClN4O5S. The quantitative estimate of drug-likeness (QED) is 0.371. The molecule has 2 amide bonds. The lowest BCUT2D eigenvalue weighted by Crippen LogP contribution is -2.40. The van der Waals surface area contributed by atoms with Gasteiger partial charge in [-0.2, -0.15) is 0 Å². The number of halogens is 1. The van der Waals surface area contributed by atoms with Crippen LogP contribution in [0.3, 0.4) is 0 Å². The normalized spacial score (nSPS) is 11.0. The number of anilines is 1. The molecule has 4 aromatic rings. The molecule has 0 radical (unpaired) electrons. The number of fused-ring (bicyclic) bond motifs is 1. The number of aromatic nitrogens is 2. The highest BCUT2D eigenvalue weighted by Crippen LogP contribution is 2.30. The first-order valence-electron chi connectivity index (χ1n) is 11.8. The van der Waals surface area contributed by atoms with Crippen LogP contribution in [0.25, 0.3) is 15.9 Å². The number of nitrogens with zero attached hydrogens (tertiary/aromatic N) is 3. The maximum Gasteiger partial charge on any atom is 0.337 e. The Morgan fingerprint density at radius 1 is 1.11 bits per heavy atom. The number of benzene rings is 2. The molecule has 0 saturated heterocycles. The number of carbonyl (C=O) groups is 2. The van der Waals surface area contributed by atoms with Gasteiger partial charge in [-0.05, 0) is 54.8 Å². The Balaban J connectivity index is 1.88. The average molecular weight is 555 g/mol. The number of rotatable bonds is 7. The maximum absolute atomic E-state index is 13.7. The van der Waals surface area contributed by atoms with Crippen LogP contribution in [-0.4, -0.2) is 47.1 Å². The van der Waals surface area contributed by atoms with Gasteiger partial charge in [-0.25, -0.2) is 9.36 Å². The van der Waals surface area contributed by atoms with E-state index in [2.05, 4.69) is 5.32 Å². The molecule has 2 heterocycles. The van der Waals surface area contributed by atoms with Crippen molar-refractivity contribution >= 4 is 50.7 Å². The fourth-order valence-electron chi connectivity index (χ4n) is 4.09. The lowest BCUT2D eigenvalue weighted by atomic mass is 10.1. The predicted molar refractivity (Wildman–Crippen MR) is 150 cm³/mol. The molecule has 0 spiro atoms. The molecular weight excluding hydrogens is 528 g/mol. The van der Waals surface area contributed by atoms with Crippen LogP contribution in [0.1, 0.15) is 27.7 Å². The molecule has 0 aliphatic heterocycles. The molecule has 198 valence electrons. The Bertz CT molecular complexity index is 1670. The molecule has 0 bridgehead atoms. The largest absolute Gasteiger partial charge is 0.495 e. The summed E-state index contributed by atoms with van der Waals surface area (Å²) >= 11 is 7.20. The summed E-state index contributed by atoms with van der Waals surface area (Å²) in [5.41, 5.74) is 1.08. The van der Waals surface area contributed by atoms with E-state index in [-0.39, 0.29) is 22.7 Å². The van der Waals surface area contributed by atoms with E-state index in [1.54, 1.807) is 45.3 Å². The van der Waals surface area contributed by atoms with Gasteiger partial charge in [0.05, 0.1) is 28.1 Å². The molecule has 0 aliphatic rings. The van der Waals surface area contributed by atoms with Crippen molar-refractivity contribution in [3.8, 4) is 11.4 Å². The summed E-state index contributed by atoms with van der Waals surface area (Å²) in [4.78, 5) is 55.3. The summed E-state index contributed by atoms with van der Waals surface area (Å²) in [6, 6.07) is 11.9. The molecule has 4 rings (SSSR count). The van der Waals surface area contributed by atoms with E-state index in [0.29, 0.717) is 32.6 Å². The van der Waals surface area contributed by atoms with E-state index in [1.807, 2.05) is 19.1 Å². The van der Waals surface area contributed by atoms with Gasteiger partial charge in [-0.1, -0.05) is 30.7 Å². The smallest absolute Gasteiger partial charge is 0.337 e. The van der Waals surface area contributed by atoms with Crippen LogP contribution in [0.2, 0.25) is 5.02 Å². The summed E-state index contributed by atoms with van der Waals surface area (Å²) in [6.45, 7) is 3.30. The number of methoxy groups -OCH3 is 1. The van der Waals surface area contributed by atoms with Gasteiger partial charge >= 0.3 is 5.69 Å². The number of thiophene rings is 1. The first kappa shape index (κ1) is 27.2. The number of carbonyl (C=O) groups excluding carboxylic acids is 2. The van der Waals surface area contributed by atoms with Gasteiger partial charge in [0.15, 0.2) is 0 Å². The van der Waals surface area contributed by atoms with Crippen molar-refractivity contribution < 1.29 is 14.3 Å². The number of aryl methyl sites for hydroxylation is 2. The molecule has 0 saturated carbocycles. The summed E-state index contributed by atoms with van der Waals surface area (Å²) in [5.74, 6) is -0.345. The fourth-order valence-corrected chi connectivity index (χ4v) is 5.66. The van der Waals surface area contributed by atoms with E-state index in [4.69, 9.17) is 16.3 Å². The van der Waals surface area contributed by atoms with Crippen molar-refractivity contribution in [2.75, 3.05) is 26.5 Å². The average Bonchev–Trinajstić information content (AvgIpc) is 3.23. The van der Waals surface area contributed by atoms with E-state index in [9.17, 15) is 19.2 Å². The minimum absolute atomic E-state index is 0.222. The molecule has 2 aromatic carbocycles. The zero-order valence-corrected chi connectivity index (χ0v) is 23.2. The number of hydrogen-bond acceptors (Lipinski definition) is 6. The molecule has 0 aliphatic carbocycles. The molecule has 0 atom stereocenters. The number of amides is 2. The van der Waals surface area contributed by atoms with Gasteiger partial charge in [0.1, 0.15) is 17.1 Å². The second kappa shape index (κ2) is 10.8. The highest BCUT2D eigenvalue weighted by atomic mass is 35.5. The predicted octanol–water partition coefficient (Wildman–Crippen LogP) is 4.09. The third-order valence-corrected chi connectivity index (χ3v) is 7.75. The van der Waals surface area contributed by atoms with Crippen LogP contribution in [-0.2, 0) is 17.8 Å². The minimum atomic E-state index is -0.681. The summed E-state index contributed by atoms with van der Waals surface area (Å²) in [7, 11) is 4.71. The Labute approximate surface area is 227 Å². The van der Waals surface area contributed by atoms with Crippen molar-refractivity contribution in [1.29, 1.82) is 0 Å². The maximum atomic E-state index is 13.7. The SMILES string of the molecule is CCc1ccc(-n2c(=O)c3c(C)c(C(=O)N(C)C)sc3n(CC(=O)Nc3ccc(OC)c(Cl)c3)c2=O)cc1. The first-order chi connectivity index (χ1) is 18.1. The standard InChI is InChI=1S/C27H27ClN4O5S/c1-6-16-7-10-18(11-8-16)32-24(34)22-15(2)23(25(35)30(3)4)38-26(22)31(27(32)36)14-21(33)29-17-9-12-20(37-5)19(28)13-17/h7-13H,6,14H2,1-5H3,(H,29,33). The van der Waals surface area contributed by atoms with Gasteiger partial charge in [-0.3, -0.25) is 19.0 Å². The van der Waals surface area contributed by atoms with Crippen molar-refractivity contribution in [3.05, 3.63) is 84.3 Å². The monoisotopic (exact) mass is 554 g/mol. The molecule has 11 heteroatoms. The number of nitrogens with one attached hydrogen (secondary N) is 1. The zero-order valence-electron chi connectivity index (χ0n) is 21.6. The van der Waals surface area contributed by atoms with Gasteiger partial charge in [0.25, 0.3) is 11.5 Å². The van der Waals surface area contributed by atoms with Gasteiger partial charge in [0.2, 0.25) is 5.91 Å². The highest BCUT2D eigenvalue weighted by molar-refractivity contribution is 7.20. The van der Waals surface area contributed by atoms with Crippen LogP contribution in [0.4, 0.5) is 5.69 Å². The van der Waals surface area contributed by atoms with Crippen LogP contribution in [0.15, 0.2) is 52.1 Å². The van der Waals surface area contributed by atoms with E-state index in [0.717, 1.165) is 27.9 Å². The molecule has 38 heavy (non-hydrogen) atoms. The summed E-state index contributed by atoms with van der Waals surface area (Å²) in [6.07, 6.45) is 0.799. The number of hydrogen-bond donors (Lipinski definition) is 1. The Morgan fingerprint density at radius 3 is 2.37 bits per heavy atom. The topological polar surface area (TPSA) is 103 Å². The Hall–Kier alpha value is -3.89. The van der Waals surface area contributed by atoms with Crippen molar-refractivity contribution in [2.45, 2.75) is 26.8 Å². The first-order valence-corrected chi connectivity index (χ1v) is 13.0. The van der Waals surface area contributed by atoms with Crippen LogP contribution < -0.4 is 21.3 Å². The Kier molecular flexibility index (Phi) is 7.75.